The Kier molecular flexibility index (Phi) is 4.78. The number of amides is 1. The first-order valence-electron chi connectivity index (χ1n) is 5.04. The third kappa shape index (κ3) is 3.32. The first kappa shape index (κ1) is 12.2. The van der Waals surface area contributed by atoms with Gasteiger partial charge in [-0.25, -0.2) is 0 Å². The number of carbonyl (C=O) groups is 1. The van der Waals surface area contributed by atoms with Crippen molar-refractivity contribution in [1.82, 2.24) is 5.32 Å². The van der Waals surface area contributed by atoms with Gasteiger partial charge in [0.05, 0.1) is 6.54 Å². The molecular weight excluding hydrogens is 210 g/mol. The Hall–Kier alpha value is -0.870. The number of hydrogen-bond donors (Lipinski definition) is 1. The van der Waals surface area contributed by atoms with E-state index in [1.165, 1.54) is 17.6 Å². The number of ether oxygens (including phenoxy) is 1. The predicted octanol–water partition coefficient (Wildman–Crippen LogP) is 1.96. The van der Waals surface area contributed by atoms with Crippen molar-refractivity contribution >= 4 is 17.2 Å². The number of nitrogens with one attached hydrogen (secondary N) is 1. The minimum absolute atomic E-state index is 0.0621. The summed E-state index contributed by atoms with van der Waals surface area (Å²) in [6.07, 6.45) is 0.629. The fourth-order valence-electron chi connectivity index (χ4n) is 1.26. The molecule has 0 bridgehead atoms. The van der Waals surface area contributed by atoms with Crippen LogP contribution < -0.4 is 5.32 Å². The van der Waals surface area contributed by atoms with E-state index in [2.05, 4.69) is 23.7 Å². The second-order valence-corrected chi connectivity index (χ2v) is 4.32. The average molecular weight is 227 g/mol. The molecule has 0 aliphatic heterocycles. The normalized spacial score (nSPS) is 12.5. The number of methoxy groups -OCH3 is 1. The van der Waals surface area contributed by atoms with Gasteiger partial charge in [0.25, 0.3) is 0 Å². The van der Waals surface area contributed by atoms with Gasteiger partial charge in [0.1, 0.15) is 6.10 Å². The van der Waals surface area contributed by atoms with Gasteiger partial charge in [-0.3, -0.25) is 4.79 Å². The van der Waals surface area contributed by atoms with Crippen molar-refractivity contribution in [1.29, 1.82) is 0 Å². The molecule has 1 aromatic heterocycles. The van der Waals surface area contributed by atoms with Crippen LogP contribution in [0.5, 0.6) is 0 Å². The summed E-state index contributed by atoms with van der Waals surface area (Å²) in [7, 11) is 1.53. The molecule has 1 atom stereocenters. The summed E-state index contributed by atoms with van der Waals surface area (Å²) in [6.45, 7) is 4.46. The molecule has 4 heteroatoms. The van der Waals surface area contributed by atoms with E-state index < -0.39 is 0 Å². The van der Waals surface area contributed by atoms with E-state index in [9.17, 15) is 4.79 Å². The summed E-state index contributed by atoms with van der Waals surface area (Å²) >= 11 is 1.68. The number of rotatable bonds is 5. The Bertz CT molecular complexity index is 322. The van der Waals surface area contributed by atoms with Crippen molar-refractivity contribution in [3.05, 3.63) is 21.9 Å². The van der Waals surface area contributed by atoms with Crippen LogP contribution in [0.1, 0.15) is 24.3 Å². The van der Waals surface area contributed by atoms with Gasteiger partial charge in [-0.2, -0.15) is 0 Å². The van der Waals surface area contributed by atoms with Crippen molar-refractivity contribution in [2.45, 2.75) is 32.9 Å². The van der Waals surface area contributed by atoms with Gasteiger partial charge in [0.2, 0.25) is 5.91 Å². The molecule has 0 aliphatic rings. The lowest BCUT2D eigenvalue weighted by Gasteiger charge is -2.10. The Morgan fingerprint density at radius 2 is 2.40 bits per heavy atom. The third-order valence-corrected chi connectivity index (χ3v) is 3.33. The van der Waals surface area contributed by atoms with Gasteiger partial charge in [-0.1, -0.05) is 6.92 Å². The third-order valence-electron chi connectivity index (χ3n) is 2.36. The van der Waals surface area contributed by atoms with E-state index in [4.69, 9.17) is 4.74 Å². The van der Waals surface area contributed by atoms with Crippen LogP contribution in [0.4, 0.5) is 0 Å². The zero-order chi connectivity index (χ0) is 11.3. The Labute approximate surface area is 94.5 Å². The second kappa shape index (κ2) is 5.88. The predicted molar refractivity (Wildman–Crippen MR) is 62.0 cm³/mol. The number of thiophene rings is 1. The summed E-state index contributed by atoms with van der Waals surface area (Å²) in [5.74, 6) is -0.0621. The highest BCUT2D eigenvalue weighted by Gasteiger charge is 2.11. The number of hydrogen-bond acceptors (Lipinski definition) is 3. The van der Waals surface area contributed by atoms with Gasteiger partial charge < -0.3 is 10.1 Å². The molecule has 1 N–H and O–H groups in total. The molecule has 84 valence electrons. The van der Waals surface area contributed by atoms with Crippen LogP contribution in [0.25, 0.3) is 0 Å². The minimum Gasteiger partial charge on any atom is -0.372 e. The first-order chi connectivity index (χ1) is 7.19. The van der Waals surface area contributed by atoms with E-state index in [0.717, 1.165) is 6.42 Å². The molecule has 0 radical (unpaired) electrons. The topological polar surface area (TPSA) is 38.3 Å². The van der Waals surface area contributed by atoms with Crippen molar-refractivity contribution in [2.75, 3.05) is 7.11 Å². The van der Waals surface area contributed by atoms with Crippen LogP contribution in [0, 0.1) is 0 Å². The Balaban J connectivity index is 2.47. The van der Waals surface area contributed by atoms with Crippen LogP contribution in [0.2, 0.25) is 0 Å². The van der Waals surface area contributed by atoms with Gasteiger partial charge >= 0.3 is 0 Å². The fraction of sp³-hybridized carbons (Fsp3) is 0.545. The maximum Gasteiger partial charge on any atom is 0.249 e. The largest absolute Gasteiger partial charge is 0.372 e. The lowest BCUT2D eigenvalue weighted by Crippen LogP contribution is -2.33. The van der Waals surface area contributed by atoms with Crippen LogP contribution in [-0.2, 0) is 22.5 Å². The molecule has 3 nitrogen and oxygen atoms in total. The highest BCUT2D eigenvalue weighted by molar-refractivity contribution is 7.10. The van der Waals surface area contributed by atoms with Crippen molar-refractivity contribution in [3.8, 4) is 0 Å². The SMILES string of the molecule is CCc1ccsc1CNC(=O)C(C)OC. The molecule has 0 aliphatic carbocycles. The van der Waals surface area contributed by atoms with E-state index in [1.807, 2.05) is 0 Å². The molecule has 0 saturated carbocycles. The van der Waals surface area contributed by atoms with Crippen molar-refractivity contribution in [2.24, 2.45) is 0 Å². The highest BCUT2D eigenvalue weighted by atomic mass is 32.1. The van der Waals surface area contributed by atoms with Gasteiger partial charge in [-0.05, 0) is 30.4 Å². The first-order valence-corrected chi connectivity index (χ1v) is 5.92. The van der Waals surface area contributed by atoms with Gasteiger partial charge in [0.15, 0.2) is 0 Å². The molecule has 1 amide bonds. The Morgan fingerprint density at radius 1 is 1.67 bits per heavy atom. The molecule has 0 spiro atoms. The standard InChI is InChI=1S/C11H17NO2S/c1-4-9-5-6-15-10(9)7-12-11(13)8(2)14-3/h5-6,8H,4,7H2,1-3H3,(H,12,13). The van der Waals surface area contributed by atoms with E-state index >= 15 is 0 Å². The van der Waals surface area contributed by atoms with Crippen LogP contribution in [-0.4, -0.2) is 19.1 Å². The summed E-state index contributed by atoms with van der Waals surface area (Å²) in [5, 5.41) is 4.91. The number of carbonyl (C=O) groups excluding carboxylic acids is 1. The minimum atomic E-state index is -0.380. The quantitative estimate of drug-likeness (QED) is 0.835. The maximum atomic E-state index is 11.4. The van der Waals surface area contributed by atoms with Crippen LogP contribution >= 0.6 is 11.3 Å². The molecule has 1 unspecified atom stereocenters. The van der Waals surface area contributed by atoms with Crippen LogP contribution in [0.3, 0.4) is 0 Å². The van der Waals surface area contributed by atoms with Gasteiger partial charge in [-0.15, -0.1) is 11.3 Å². The molecule has 15 heavy (non-hydrogen) atoms. The van der Waals surface area contributed by atoms with E-state index in [1.54, 1.807) is 18.3 Å². The molecular formula is C11H17NO2S. The summed E-state index contributed by atoms with van der Waals surface area (Å²) < 4.78 is 4.93. The van der Waals surface area contributed by atoms with Crippen LogP contribution in [0.15, 0.2) is 11.4 Å². The molecule has 1 rings (SSSR count). The van der Waals surface area contributed by atoms with Crippen molar-refractivity contribution < 1.29 is 9.53 Å². The fourth-order valence-corrected chi connectivity index (χ4v) is 2.17. The van der Waals surface area contributed by atoms with Gasteiger partial charge in [0, 0.05) is 12.0 Å². The molecule has 1 aromatic rings. The highest BCUT2D eigenvalue weighted by Crippen LogP contribution is 2.16. The maximum absolute atomic E-state index is 11.4. The lowest BCUT2D eigenvalue weighted by molar-refractivity contribution is -0.130. The smallest absolute Gasteiger partial charge is 0.249 e. The molecule has 1 heterocycles. The zero-order valence-corrected chi connectivity index (χ0v) is 10.2. The second-order valence-electron chi connectivity index (χ2n) is 3.32. The molecule has 0 aromatic carbocycles. The van der Waals surface area contributed by atoms with Crippen molar-refractivity contribution in [3.63, 3.8) is 0 Å². The van der Waals surface area contributed by atoms with E-state index in [0.29, 0.717) is 6.54 Å². The zero-order valence-electron chi connectivity index (χ0n) is 9.37. The molecule has 0 saturated heterocycles. The molecule has 0 fully saturated rings. The lowest BCUT2D eigenvalue weighted by atomic mass is 10.2. The van der Waals surface area contributed by atoms with E-state index in [-0.39, 0.29) is 12.0 Å². The average Bonchev–Trinajstić information content (AvgIpc) is 2.71. The summed E-state index contributed by atoms with van der Waals surface area (Å²) in [5.41, 5.74) is 1.31. The summed E-state index contributed by atoms with van der Waals surface area (Å²) in [6, 6.07) is 2.10. The Morgan fingerprint density at radius 3 is 3.00 bits per heavy atom. The number of aryl methyl sites for hydroxylation is 1. The summed E-state index contributed by atoms with van der Waals surface area (Å²) in [4.78, 5) is 12.7. The monoisotopic (exact) mass is 227 g/mol.